The first-order valence-electron chi connectivity index (χ1n) is 11.2. The van der Waals surface area contributed by atoms with E-state index in [4.69, 9.17) is 9.47 Å². The molecule has 1 atom stereocenters. The zero-order valence-electron chi connectivity index (χ0n) is 20.6. The fraction of sp³-hybridized carbons (Fsp3) is 0.385. The molecule has 200 valence electrons. The Bertz CT molecular complexity index is 1240. The van der Waals surface area contributed by atoms with Crippen LogP contribution in [0.4, 0.5) is 31.1 Å². The molecule has 0 bridgehead atoms. The molecule has 0 saturated heterocycles. The summed E-state index contributed by atoms with van der Waals surface area (Å²) < 4.78 is 93.0. The number of nitrogens with zero attached hydrogens (tertiary/aromatic N) is 2. The summed E-state index contributed by atoms with van der Waals surface area (Å²) in [6, 6.07) is 12.4. The zero-order valence-corrected chi connectivity index (χ0v) is 20.6. The van der Waals surface area contributed by atoms with Gasteiger partial charge in [0.15, 0.2) is 0 Å². The molecule has 0 N–H and O–H groups in total. The maximum Gasteiger partial charge on any atom is 0.433 e. The minimum atomic E-state index is -5.02. The van der Waals surface area contributed by atoms with E-state index in [-0.39, 0.29) is 24.0 Å². The molecule has 0 aliphatic rings. The van der Waals surface area contributed by atoms with Crippen molar-refractivity contribution in [3.63, 3.8) is 0 Å². The minimum absolute atomic E-state index is 0.0263. The number of amides is 1. The van der Waals surface area contributed by atoms with E-state index in [9.17, 15) is 31.1 Å². The number of alkyl halides is 6. The fourth-order valence-corrected chi connectivity index (χ4v) is 3.75. The van der Waals surface area contributed by atoms with Crippen molar-refractivity contribution in [3.8, 4) is 0 Å². The number of rotatable bonds is 6. The van der Waals surface area contributed by atoms with Crippen LogP contribution in [0.25, 0.3) is 10.9 Å². The third kappa shape index (κ3) is 7.12. The quantitative estimate of drug-likeness (QED) is 0.313. The van der Waals surface area contributed by atoms with Gasteiger partial charge < -0.3 is 14.4 Å². The molecule has 1 heterocycles. The van der Waals surface area contributed by atoms with Gasteiger partial charge in [-0.3, -0.25) is 0 Å². The Balaban J connectivity index is 2.14. The van der Waals surface area contributed by atoms with Crippen LogP contribution in [0, 0.1) is 0 Å². The second-order valence-corrected chi connectivity index (χ2v) is 9.36. The number of methoxy groups -OCH3 is 1. The zero-order chi connectivity index (χ0) is 27.6. The Morgan fingerprint density at radius 1 is 0.946 bits per heavy atom. The van der Waals surface area contributed by atoms with E-state index >= 15 is 0 Å². The molecule has 0 saturated carbocycles. The maximum absolute atomic E-state index is 13.7. The highest BCUT2D eigenvalue weighted by Gasteiger charge is 2.38. The number of aromatic nitrogens is 1. The van der Waals surface area contributed by atoms with E-state index in [2.05, 4.69) is 4.98 Å². The van der Waals surface area contributed by atoms with Crippen LogP contribution >= 0.6 is 0 Å². The summed E-state index contributed by atoms with van der Waals surface area (Å²) in [6.45, 7) is 4.70. The van der Waals surface area contributed by atoms with Gasteiger partial charge in [0, 0.05) is 19.0 Å². The Morgan fingerprint density at radius 3 is 2.14 bits per heavy atom. The number of hydrogen-bond acceptors (Lipinski definition) is 4. The summed E-state index contributed by atoms with van der Waals surface area (Å²) in [5.41, 5.74) is -4.01. The minimum Gasteiger partial charge on any atom is -0.444 e. The third-order valence-corrected chi connectivity index (χ3v) is 5.35. The lowest BCUT2D eigenvalue weighted by molar-refractivity contribution is -0.142. The predicted octanol–water partition coefficient (Wildman–Crippen LogP) is 7.40. The summed E-state index contributed by atoms with van der Waals surface area (Å²) in [5, 5.41) is -0.168. The van der Waals surface area contributed by atoms with E-state index in [1.165, 1.54) is 18.1 Å². The number of carbonyl (C=O) groups is 1. The number of ether oxygens (including phenoxy) is 2. The smallest absolute Gasteiger partial charge is 0.433 e. The van der Waals surface area contributed by atoms with E-state index < -0.39 is 46.9 Å². The van der Waals surface area contributed by atoms with Gasteiger partial charge in [-0.15, -0.1) is 0 Å². The van der Waals surface area contributed by atoms with Crippen LogP contribution in [0.1, 0.15) is 49.3 Å². The van der Waals surface area contributed by atoms with E-state index in [1.54, 1.807) is 51.1 Å². The Kier molecular flexibility index (Phi) is 8.06. The molecule has 5 nitrogen and oxygen atoms in total. The molecule has 1 amide bonds. The van der Waals surface area contributed by atoms with Crippen molar-refractivity contribution in [1.82, 2.24) is 9.88 Å². The summed E-state index contributed by atoms with van der Waals surface area (Å²) in [4.78, 5) is 17.6. The first-order valence-corrected chi connectivity index (χ1v) is 11.2. The lowest BCUT2D eigenvalue weighted by atomic mass is 9.99. The number of carbonyl (C=O) groups excluding carboxylic acids is 1. The SMILES string of the molecule is COC(CN(Cc1ccccc1)C(=O)OC(C)(C)C)c1cc(C(F)(F)F)nc2c(C(F)(F)F)cccc12. The summed E-state index contributed by atoms with van der Waals surface area (Å²) in [5.74, 6) is 0. The van der Waals surface area contributed by atoms with Crippen molar-refractivity contribution >= 4 is 17.0 Å². The molecule has 2 aromatic carbocycles. The van der Waals surface area contributed by atoms with Crippen LogP contribution in [-0.4, -0.2) is 35.2 Å². The average molecular weight is 528 g/mol. The summed E-state index contributed by atoms with van der Waals surface area (Å²) in [7, 11) is 1.20. The molecule has 0 aliphatic carbocycles. The van der Waals surface area contributed by atoms with Gasteiger partial charge in [-0.05, 0) is 44.0 Å². The molecule has 1 unspecified atom stereocenters. The van der Waals surface area contributed by atoms with Gasteiger partial charge >= 0.3 is 18.4 Å². The molecule has 0 fully saturated rings. The fourth-order valence-electron chi connectivity index (χ4n) is 3.75. The predicted molar refractivity (Wildman–Crippen MR) is 125 cm³/mol. The number of hydrogen-bond donors (Lipinski definition) is 0. The molecular weight excluding hydrogens is 502 g/mol. The van der Waals surface area contributed by atoms with Crippen molar-refractivity contribution in [2.24, 2.45) is 0 Å². The molecule has 11 heteroatoms. The monoisotopic (exact) mass is 528 g/mol. The number of benzene rings is 2. The van der Waals surface area contributed by atoms with Crippen molar-refractivity contribution < 1.29 is 40.6 Å². The Labute approximate surface area is 210 Å². The molecular formula is C26H26F6N2O3. The number of fused-ring (bicyclic) bond motifs is 1. The molecule has 3 aromatic rings. The van der Waals surface area contributed by atoms with Gasteiger partial charge in [-0.1, -0.05) is 42.5 Å². The van der Waals surface area contributed by atoms with Gasteiger partial charge in [0.05, 0.1) is 17.6 Å². The second-order valence-electron chi connectivity index (χ2n) is 9.36. The van der Waals surface area contributed by atoms with E-state index in [0.29, 0.717) is 17.7 Å². The van der Waals surface area contributed by atoms with Crippen LogP contribution in [-0.2, 0) is 28.4 Å². The first-order chi connectivity index (χ1) is 17.1. The van der Waals surface area contributed by atoms with Crippen LogP contribution in [0.15, 0.2) is 54.6 Å². The van der Waals surface area contributed by atoms with E-state index in [1.807, 2.05) is 0 Å². The number of para-hydroxylation sites is 1. The molecule has 0 radical (unpaired) electrons. The van der Waals surface area contributed by atoms with Gasteiger partial charge in [-0.25, -0.2) is 9.78 Å². The first kappa shape index (κ1) is 28.2. The molecule has 1 aromatic heterocycles. The summed E-state index contributed by atoms with van der Waals surface area (Å²) in [6.07, 6.45) is -11.9. The highest BCUT2D eigenvalue weighted by Crippen LogP contribution is 2.39. The number of pyridine rings is 1. The lowest BCUT2D eigenvalue weighted by Crippen LogP contribution is -2.39. The Hall–Kier alpha value is -3.34. The van der Waals surface area contributed by atoms with Crippen molar-refractivity contribution in [1.29, 1.82) is 0 Å². The Morgan fingerprint density at radius 2 is 1.59 bits per heavy atom. The largest absolute Gasteiger partial charge is 0.444 e. The van der Waals surface area contributed by atoms with Crippen LogP contribution in [0.5, 0.6) is 0 Å². The number of halogens is 6. The van der Waals surface area contributed by atoms with Crippen LogP contribution in [0.3, 0.4) is 0 Å². The molecule has 37 heavy (non-hydrogen) atoms. The average Bonchev–Trinajstić information content (AvgIpc) is 2.79. The van der Waals surface area contributed by atoms with Crippen molar-refractivity contribution in [3.05, 3.63) is 77.0 Å². The molecule has 0 aliphatic heterocycles. The van der Waals surface area contributed by atoms with Crippen LogP contribution in [0.2, 0.25) is 0 Å². The van der Waals surface area contributed by atoms with Crippen LogP contribution < -0.4 is 0 Å². The third-order valence-electron chi connectivity index (χ3n) is 5.35. The van der Waals surface area contributed by atoms with Gasteiger partial charge in [0.1, 0.15) is 17.4 Å². The molecule has 0 spiro atoms. The van der Waals surface area contributed by atoms with Crippen molar-refractivity contribution in [2.45, 2.75) is 51.4 Å². The van der Waals surface area contributed by atoms with Gasteiger partial charge in [-0.2, -0.15) is 26.3 Å². The standard InChI is InChI=1S/C26H26F6N2O3/c1-24(2,3)37-23(35)34(14-16-9-6-5-7-10-16)15-20(36-4)18-13-21(26(30,31)32)33-22-17(18)11-8-12-19(22)25(27,28)29/h5-13,20H,14-15H2,1-4H3. The van der Waals surface area contributed by atoms with Gasteiger partial charge in [0.25, 0.3) is 0 Å². The second kappa shape index (κ2) is 10.6. The topological polar surface area (TPSA) is 51.7 Å². The molecule has 3 rings (SSSR count). The normalized spacial score (nSPS) is 13.5. The van der Waals surface area contributed by atoms with Crippen molar-refractivity contribution in [2.75, 3.05) is 13.7 Å². The lowest BCUT2D eigenvalue weighted by Gasteiger charge is -2.30. The highest BCUT2D eigenvalue weighted by atomic mass is 19.4. The maximum atomic E-state index is 13.7. The van der Waals surface area contributed by atoms with Gasteiger partial charge in [0.2, 0.25) is 0 Å². The highest BCUT2D eigenvalue weighted by molar-refractivity contribution is 5.86. The van der Waals surface area contributed by atoms with E-state index in [0.717, 1.165) is 6.07 Å². The summed E-state index contributed by atoms with van der Waals surface area (Å²) >= 11 is 0.